The molecule has 20 heavy (non-hydrogen) atoms. The molecule has 0 aliphatic heterocycles. The van der Waals surface area contributed by atoms with Gasteiger partial charge in [-0.15, -0.1) is 22.7 Å². The Kier molecular flexibility index (Phi) is 2.16. The number of rotatable bonds is 1. The lowest BCUT2D eigenvalue weighted by Gasteiger charge is -2.11. The molecule has 100 valence electrons. The monoisotopic (exact) mass is 298 g/mol. The number of fused-ring (bicyclic) bond motifs is 6. The molecule has 2 unspecified atom stereocenters. The zero-order valence-electron chi connectivity index (χ0n) is 10.9. The molecule has 1 saturated carbocycles. The number of hydrogen-bond acceptors (Lipinski definition) is 4. The number of nitrogens with two attached hydrogens (primary N) is 1. The summed E-state index contributed by atoms with van der Waals surface area (Å²) in [6, 6.07) is 8.36. The molecule has 2 aliphatic rings. The number of anilines is 1. The molecule has 0 amide bonds. The quantitative estimate of drug-likeness (QED) is 0.688. The molecule has 0 saturated heterocycles. The van der Waals surface area contributed by atoms with Crippen molar-refractivity contribution in [1.82, 2.24) is 4.98 Å². The number of para-hydroxylation sites is 1. The van der Waals surface area contributed by atoms with Gasteiger partial charge in [0.2, 0.25) is 0 Å². The molecule has 3 aromatic rings. The number of benzene rings is 1. The average Bonchev–Trinajstić information content (AvgIpc) is 3.17. The van der Waals surface area contributed by atoms with Crippen molar-refractivity contribution in [3.05, 3.63) is 34.7 Å². The van der Waals surface area contributed by atoms with Crippen molar-refractivity contribution in [3.8, 4) is 10.6 Å². The van der Waals surface area contributed by atoms with Crippen molar-refractivity contribution in [3.63, 3.8) is 0 Å². The Morgan fingerprint density at radius 1 is 1.10 bits per heavy atom. The molecular formula is C16H14N2S2. The first-order chi connectivity index (χ1) is 9.81. The Morgan fingerprint density at radius 3 is 2.85 bits per heavy atom. The lowest BCUT2D eigenvalue weighted by atomic mass is 9.95. The van der Waals surface area contributed by atoms with E-state index in [-0.39, 0.29) is 0 Å². The highest BCUT2D eigenvalue weighted by Gasteiger charge is 2.41. The Labute approximate surface area is 125 Å². The van der Waals surface area contributed by atoms with Crippen molar-refractivity contribution in [1.29, 1.82) is 0 Å². The standard InChI is InChI=1S/C16H14N2S2/c17-15-13(12-8-5-6-9(7-8)14(12)20-15)16-18-10-3-1-2-4-11(10)19-16/h1-4,8-9H,5-7,17H2. The maximum absolute atomic E-state index is 6.34. The zero-order chi connectivity index (χ0) is 13.3. The van der Waals surface area contributed by atoms with E-state index in [1.165, 1.54) is 29.5 Å². The number of thiophene rings is 1. The van der Waals surface area contributed by atoms with Crippen LogP contribution in [0.5, 0.6) is 0 Å². The number of aromatic nitrogens is 1. The molecule has 2 heterocycles. The van der Waals surface area contributed by atoms with Gasteiger partial charge in [0, 0.05) is 10.4 Å². The van der Waals surface area contributed by atoms with E-state index in [9.17, 15) is 0 Å². The van der Waals surface area contributed by atoms with Gasteiger partial charge in [0.25, 0.3) is 0 Å². The highest BCUT2D eigenvalue weighted by atomic mass is 32.1. The van der Waals surface area contributed by atoms with E-state index in [2.05, 4.69) is 24.3 Å². The van der Waals surface area contributed by atoms with Crippen LogP contribution in [0.15, 0.2) is 24.3 Å². The predicted molar refractivity (Wildman–Crippen MR) is 86.7 cm³/mol. The highest BCUT2D eigenvalue weighted by molar-refractivity contribution is 7.22. The first-order valence-corrected chi connectivity index (χ1v) is 8.72. The first-order valence-electron chi connectivity index (χ1n) is 7.09. The van der Waals surface area contributed by atoms with Crippen LogP contribution in [0.25, 0.3) is 20.8 Å². The van der Waals surface area contributed by atoms with Crippen molar-refractivity contribution in [2.45, 2.75) is 31.1 Å². The zero-order valence-corrected chi connectivity index (χ0v) is 12.6. The van der Waals surface area contributed by atoms with Crippen LogP contribution in [0.3, 0.4) is 0 Å². The summed E-state index contributed by atoms with van der Waals surface area (Å²) in [6.07, 6.45) is 4.04. The summed E-state index contributed by atoms with van der Waals surface area (Å²) in [6.45, 7) is 0. The summed E-state index contributed by atoms with van der Waals surface area (Å²) in [5.41, 5.74) is 10.2. The fourth-order valence-electron chi connectivity index (χ4n) is 3.87. The topological polar surface area (TPSA) is 38.9 Å². The van der Waals surface area contributed by atoms with Crippen LogP contribution < -0.4 is 5.73 Å². The molecule has 2 N–H and O–H groups in total. The van der Waals surface area contributed by atoms with Gasteiger partial charge >= 0.3 is 0 Å². The molecule has 0 spiro atoms. The van der Waals surface area contributed by atoms with E-state index in [0.29, 0.717) is 0 Å². The Hall–Kier alpha value is -1.39. The second kappa shape index (κ2) is 3.83. The van der Waals surface area contributed by atoms with Gasteiger partial charge in [-0.05, 0) is 48.8 Å². The number of thiazole rings is 1. The normalized spacial score (nSPS) is 23.6. The van der Waals surface area contributed by atoms with Gasteiger partial charge in [0.1, 0.15) is 5.01 Å². The molecule has 2 aromatic heterocycles. The van der Waals surface area contributed by atoms with Crippen LogP contribution >= 0.6 is 22.7 Å². The molecular weight excluding hydrogens is 284 g/mol. The Morgan fingerprint density at radius 2 is 1.95 bits per heavy atom. The number of hydrogen-bond donors (Lipinski definition) is 1. The van der Waals surface area contributed by atoms with Gasteiger partial charge in [-0.3, -0.25) is 0 Å². The minimum Gasteiger partial charge on any atom is -0.390 e. The molecule has 2 aliphatic carbocycles. The number of nitrogens with zero attached hydrogens (tertiary/aromatic N) is 1. The van der Waals surface area contributed by atoms with Gasteiger partial charge < -0.3 is 5.73 Å². The summed E-state index contributed by atoms with van der Waals surface area (Å²) in [4.78, 5) is 6.39. The fourth-order valence-corrected chi connectivity index (χ4v) is 6.28. The fraction of sp³-hybridized carbons (Fsp3) is 0.312. The van der Waals surface area contributed by atoms with E-state index in [1.807, 2.05) is 11.3 Å². The largest absolute Gasteiger partial charge is 0.390 e. The summed E-state index contributed by atoms with van der Waals surface area (Å²) in [5, 5.41) is 2.10. The predicted octanol–water partition coefficient (Wildman–Crippen LogP) is 4.97. The lowest BCUT2D eigenvalue weighted by Crippen LogP contribution is -1.95. The van der Waals surface area contributed by atoms with Gasteiger partial charge in [0.15, 0.2) is 0 Å². The van der Waals surface area contributed by atoms with Gasteiger partial charge in [-0.2, -0.15) is 0 Å². The summed E-state index contributed by atoms with van der Waals surface area (Å²) < 4.78 is 1.25. The van der Waals surface area contributed by atoms with Crippen LogP contribution in [-0.4, -0.2) is 4.98 Å². The summed E-state index contributed by atoms with van der Waals surface area (Å²) in [7, 11) is 0. The van der Waals surface area contributed by atoms with Crippen LogP contribution in [0.2, 0.25) is 0 Å². The third kappa shape index (κ3) is 1.36. The molecule has 1 aromatic carbocycles. The van der Waals surface area contributed by atoms with E-state index >= 15 is 0 Å². The van der Waals surface area contributed by atoms with E-state index < -0.39 is 0 Å². The smallest absolute Gasteiger partial charge is 0.127 e. The van der Waals surface area contributed by atoms with Crippen LogP contribution in [0, 0.1) is 0 Å². The van der Waals surface area contributed by atoms with Crippen molar-refractivity contribution in [2.75, 3.05) is 5.73 Å². The van der Waals surface area contributed by atoms with E-state index in [4.69, 9.17) is 10.7 Å². The molecule has 2 bridgehead atoms. The van der Waals surface area contributed by atoms with Crippen molar-refractivity contribution >= 4 is 37.9 Å². The number of nitrogen functional groups attached to an aromatic ring is 1. The highest BCUT2D eigenvalue weighted by Crippen LogP contribution is 2.60. The molecule has 0 radical (unpaired) electrons. The molecule has 1 fully saturated rings. The van der Waals surface area contributed by atoms with Crippen LogP contribution in [0.1, 0.15) is 41.5 Å². The Balaban J connectivity index is 1.77. The van der Waals surface area contributed by atoms with Gasteiger partial charge in [-0.25, -0.2) is 4.98 Å². The van der Waals surface area contributed by atoms with Crippen LogP contribution in [-0.2, 0) is 0 Å². The van der Waals surface area contributed by atoms with E-state index in [0.717, 1.165) is 27.4 Å². The third-order valence-corrected chi connectivity index (χ3v) is 6.97. The van der Waals surface area contributed by atoms with E-state index in [1.54, 1.807) is 21.8 Å². The van der Waals surface area contributed by atoms with Gasteiger partial charge in [0.05, 0.1) is 15.2 Å². The van der Waals surface area contributed by atoms with Gasteiger partial charge in [-0.1, -0.05) is 12.1 Å². The Bertz CT molecular complexity index is 797. The van der Waals surface area contributed by atoms with Crippen molar-refractivity contribution in [2.24, 2.45) is 0 Å². The maximum Gasteiger partial charge on any atom is 0.127 e. The molecule has 4 heteroatoms. The molecule has 5 rings (SSSR count). The third-order valence-electron chi connectivity index (χ3n) is 4.72. The second-order valence-electron chi connectivity index (χ2n) is 5.81. The minimum atomic E-state index is 0.741. The minimum absolute atomic E-state index is 0.741. The van der Waals surface area contributed by atoms with Crippen LogP contribution in [0.4, 0.5) is 5.00 Å². The second-order valence-corrected chi connectivity index (χ2v) is 7.93. The maximum atomic E-state index is 6.34. The van der Waals surface area contributed by atoms with Crippen molar-refractivity contribution < 1.29 is 0 Å². The molecule has 2 nitrogen and oxygen atoms in total. The first kappa shape index (κ1) is 11.3. The summed E-state index contributed by atoms with van der Waals surface area (Å²) in [5.74, 6) is 1.52. The SMILES string of the molecule is Nc1sc2c(c1-c1nc3ccccc3s1)C1CCC2C1. The average molecular weight is 298 g/mol. The lowest BCUT2D eigenvalue weighted by molar-refractivity contribution is 0.729. The molecule has 2 atom stereocenters. The summed E-state index contributed by atoms with van der Waals surface area (Å²) >= 11 is 3.59.